The highest BCUT2D eigenvalue weighted by Gasteiger charge is 2.48. The standard InChI is InChI=1S/C17H27NO/c1-13-4-6-15(7-5-13)16(3,19)17(12-18)10-8-14(2)9-11-17/h4-7,14,19H,8-12,18H2,1-3H3. The zero-order chi connectivity index (χ0) is 14.1. The molecule has 1 saturated carbocycles. The van der Waals surface area contributed by atoms with Crippen molar-refractivity contribution in [2.75, 3.05) is 6.54 Å². The Labute approximate surface area is 117 Å². The molecule has 0 spiro atoms. The number of hydrogen-bond donors (Lipinski definition) is 2. The zero-order valence-electron chi connectivity index (χ0n) is 12.4. The number of rotatable bonds is 3. The van der Waals surface area contributed by atoms with Gasteiger partial charge >= 0.3 is 0 Å². The van der Waals surface area contributed by atoms with Crippen LogP contribution in [0.3, 0.4) is 0 Å². The molecule has 1 aromatic rings. The molecule has 106 valence electrons. The van der Waals surface area contributed by atoms with Gasteiger partial charge in [-0.1, -0.05) is 49.6 Å². The van der Waals surface area contributed by atoms with Crippen LogP contribution in [-0.2, 0) is 5.60 Å². The lowest BCUT2D eigenvalue weighted by Gasteiger charge is -2.49. The van der Waals surface area contributed by atoms with Gasteiger partial charge in [0.1, 0.15) is 0 Å². The topological polar surface area (TPSA) is 46.2 Å². The highest BCUT2D eigenvalue weighted by Crippen LogP contribution is 2.50. The second-order valence-corrected chi connectivity index (χ2v) is 6.61. The molecule has 3 N–H and O–H groups in total. The molecule has 1 aliphatic rings. The molecular weight excluding hydrogens is 234 g/mol. The molecule has 0 heterocycles. The van der Waals surface area contributed by atoms with Gasteiger partial charge in [0.2, 0.25) is 0 Å². The van der Waals surface area contributed by atoms with Crippen molar-refractivity contribution in [3.63, 3.8) is 0 Å². The predicted octanol–water partition coefficient (Wildman–Crippen LogP) is 3.36. The normalized spacial score (nSPS) is 30.9. The van der Waals surface area contributed by atoms with Crippen molar-refractivity contribution in [1.82, 2.24) is 0 Å². The van der Waals surface area contributed by atoms with Crippen LogP contribution in [0.1, 0.15) is 50.7 Å². The second kappa shape index (κ2) is 5.26. The lowest BCUT2D eigenvalue weighted by atomic mass is 9.60. The predicted molar refractivity (Wildman–Crippen MR) is 79.9 cm³/mol. The van der Waals surface area contributed by atoms with Gasteiger partial charge in [-0.2, -0.15) is 0 Å². The lowest BCUT2D eigenvalue weighted by Crippen LogP contribution is -2.50. The number of benzene rings is 1. The average Bonchev–Trinajstić information content (AvgIpc) is 2.40. The Morgan fingerprint density at radius 3 is 2.26 bits per heavy atom. The van der Waals surface area contributed by atoms with E-state index in [0.717, 1.165) is 24.3 Å². The maximum Gasteiger partial charge on any atom is 0.0936 e. The Bertz CT molecular complexity index is 413. The van der Waals surface area contributed by atoms with E-state index in [2.05, 4.69) is 26.0 Å². The van der Waals surface area contributed by atoms with E-state index in [-0.39, 0.29) is 5.41 Å². The Balaban J connectivity index is 2.32. The van der Waals surface area contributed by atoms with Gasteiger partial charge in [-0.3, -0.25) is 0 Å². The van der Waals surface area contributed by atoms with Gasteiger partial charge in [0.15, 0.2) is 0 Å². The maximum absolute atomic E-state index is 11.2. The highest BCUT2D eigenvalue weighted by molar-refractivity contribution is 5.28. The van der Waals surface area contributed by atoms with Crippen LogP contribution >= 0.6 is 0 Å². The van der Waals surface area contributed by atoms with Gasteiger partial charge in [0.05, 0.1) is 5.60 Å². The first-order valence-corrected chi connectivity index (χ1v) is 7.41. The SMILES string of the molecule is Cc1ccc(C(C)(O)C2(CN)CCC(C)CC2)cc1. The van der Waals surface area contributed by atoms with Gasteiger partial charge in [0.25, 0.3) is 0 Å². The smallest absolute Gasteiger partial charge is 0.0936 e. The van der Waals surface area contributed by atoms with E-state index in [1.807, 2.05) is 19.1 Å². The number of nitrogens with two attached hydrogens (primary N) is 1. The third-order valence-electron chi connectivity index (χ3n) is 5.27. The minimum absolute atomic E-state index is 0.172. The van der Waals surface area contributed by atoms with Crippen molar-refractivity contribution in [3.8, 4) is 0 Å². The van der Waals surface area contributed by atoms with Crippen LogP contribution in [0.25, 0.3) is 0 Å². The monoisotopic (exact) mass is 261 g/mol. The van der Waals surface area contributed by atoms with Crippen molar-refractivity contribution >= 4 is 0 Å². The highest BCUT2D eigenvalue weighted by atomic mass is 16.3. The molecule has 2 nitrogen and oxygen atoms in total. The Hall–Kier alpha value is -0.860. The molecule has 0 radical (unpaired) electrons. The van der Waals surface area contributed by atoms with E-state index in [0.29, 0.717) is 6.54 Å². The van der Waals surface area contributed by atoms with Crippen LogP contribution in [0.4, 0.5) is 0 Å². The third kappa shape index (κ3) is 2.56. The molecule has 1 aliphatic carbocycles. The minimum atomic E-state index is -0.838. The van der Waals surface area contributed by atoms with E-state index >= 15 is 0 Å². The fraction of sp³-hybridized carbons (Fsp3) is 0.647. The molecule has 2 rings (SSSR count). The molecule has 1 atom stereocenters. The molecule has 0 aromatic heterocycles. The van der Waals surface area contributed by atoms with Gasteiger partial charge < -0.3 is 10.8 Å². The fourth-order valence-electron chi connectivity index (χ4n) is 3.39. The average molecular weight is 261 g/mol. The van der Waals surface area contributed by atoms with Crippen LogP contribution in [0, 0.1) is 18.3 Å². The first kappa shape index (κ1) is 14.5. The van der Waals surface area contributed by atoms with E-state index in [1.165, 1.54) is 18.4 Å². The lowest BCUT2D eigenvalue weighted by molar-refractivity contribution is -0.0970. The molecule has 0 saturated heterocycles. The fourth-order valence-corrected chi connectivity index (χ4v) is 3.39. The number of aryl methyl sites for hydroxylation is 1. The largest absolute Gasteiger partial charge is 0.385 e. The van der Waals surface area contributed by atoms with Crippen LogP contribution < -0.4 is 5.73 Å². The van der Waals surface area contributed by atoms with Crippen molar-refractivity contribution in [1.29, 1.82) is 0 Å². The molecule has 0 aliphatic heterocycles. The molecular formula is C17H27NO. The van der Waals surface area contributed by atoms with Crippen molar-refractivity contribution in [3.05, 3.63) is 35.4 Å². The summed E-state index contributed by atoms with van der Waals surface area (Å²) in [6, 6.07) is 8.23. The molecule has 1 unspecified atom stereocenters. The molecule has 2 heteroatoms. The molecule has 19 heavy (non-hydrogen) atoms. The van der Waals surface area contributed by atoms with E-state index < -0.39 is 5.60 Å². The van der Waals surface area contributed by atoms with Crippen molar-refractivity contribution < 1.29 is 5.11 Å². The quantitative estimate of drug-likeness (QED) is 0.876. The van der Waals surface area contributed by atoms with Gasteiger partial charge in [-0.05, 0) is 38.2 Å². The molecule has 0 amide bonds. The summed E-state index contributed by atoms with van der Waals surface area (Å²) in [4.78, 5) is 0. The second-order valence-electron chi connectivity index (χ2n) is 6.61. The van der Waals surface area contributed by atoms with Crippen LogP contribution in [-0.4, -0.2) is 11.7 Å². The summed E-state index contributed by atoms with van der Waals surface area (Å²) in [5.74, 6) is 0.758. The number of hydrogen-bond acceptors (Lipinski definition) is 2. The summed E-state index contributed by atoms with van der Waals surface area (Å²) in [5, 5.41) is 11.2. The van der Waals surface area contributed by atoms with Crippen LogP contribution in [0.5, 0.6) is 0 Å². The maximum atomic E-state index is 11.2. The number of aliphatic hydroxyl groups is 1. The zero-order valence-corrected chi connectivity index (χ0v) is 12.4. The van der Waals surface area contributed by atoms with E-state index in [9.17, 15) is 5.11 Å². The summed E-state index contributed by atoms with van der Waals surface area (Å²) in [6.07, 6.45) is 4.37. The molecule has 0 bridgehead atoms. The summed E-state index contributed by atoms with van der Waals surface area (Å²) >= 11 is 0. The van der Waals surface area contributed by atoms with E-state index in [1.54, 1.807) is 0 Å². The first-order valence-electron chi connectivity index (χ1n) is 7.41. The third-order valence-corrected chi connectivity index (χ3v) is 5.27. The van der Waals surface area contributed by atoms with E-state index in [4.69, 9.17) is 5.73 Å². The Morgan fingerprint density at radius 1 is 1.26 bits per heavy atom. The van der Waals surface area contributed by atoms with Crippen LogP contribution in [0.15, 0.2) is 24.3 Å². The first-order chi connectivity index (χ1) is 8.91. The van der Waals surface area contributed by atoms with Gasteiger partial charge in [-0.25, -0.2) is 0 Å². The summed E-state index contributed by atoms with van der Waals surface area (Å²) < 4.78 is 0. The molecule has 1 aromatic carbocycles. The van der Waals surface area contributed by atoms with Gasteiger partial charge in [0, 0.05) is 12.0 Å². The Kier molecular flexibility index (Phi) is 4.03. The minimum Gasteiger partial charge on any atom is -0.385 e. The summed E-state index contributed by atoms with van der Waals surface area (Å²) in [6.45, 7) is 6.86. The van der Waals surface area contributed by atoms with Crippen molar-refractivity contribution in [2.45, 2.75) is 52.1 Å². The van der Waals surface area contributed by atoms with Gasteiger partial charge in [-0.15, -0.1) is 0 Å². The van der Waals surface area contributed by atoms with Crippen LogP contribution in [0.2, 0.25) is 0 Å². The summed E-state index contributed by atoms with van der Waals surface area (Å²) in [5.41, 5.74) is 7.29. The summed E-state index contributed by atoms with van der Waals surface area (Å²) in [7, 11) is 0. The van der Waals surface area contributed by atoms with Crippen molar-refractivity contribution in [2.24, 2.45) is 17.1 Å². The Morgan fingerprint density at radius 2 is 1.79 bits per heavy atom. The molecule has 1 fully saturated rings.